The summed E-state index contributed by atoms with van der Waals surface area (Å²) in [5.74, 6) is -0.0838. The Labute approximate surface area is 106 Å². The molecule has 1 heterocycles. The van der Waals surface area contributed by atoms with Gasteiger partial charge >= 0.3 is 0 Å². The summed E-state index contributed by atoms with van der Waals surface area (Å²) in [4.78, 5) is 13.9. The Morgan fingerprint density at radius 3 is 2.94 bits per heavy atom. The van der Waals surface area contributed by atoms with Gasteiger partial charge in [-0.05, 0) is 37.5 Å². The Kier molecular flexibility index (Phi) is 3.57. The molecule has 1 atom stereocenters. The van der Waals surface area contributed by atoms with Gasteiger partial charge in [-0.3, -0.25) is 4.79 Å². The van der Waals surface area contributed by atoms with Crippen molar-refractivity contribution in [3.05, 3.63) is 29.3 Å². The third kappa shape index (κ3) is 2.72. The van der Waals surface area contributed by atoms with E-state index in [4.69, 9.17) is 11.6 Å². The first-order valence-corrected chi connectivity index (χ1v) is 6.24. The van der Waals surface area contributed by atoms with Crippen LogP contribution in [0.3, 0.4) is 0 Å². The lowest BCUT2D eigenvalue weighted by atomic mass is 10.1. The fraction of sp³-hybridized carbons (Fsp3) is 0.462. The smallest absolute Gasteiger partial charge is 0.257 e. The van der Waals surface area contributed by atoms with Gasteiger partial charge in [0.1, 0.15) is 5.75 Å². The number of likely N-dealkylation sites (tertiary alicyclic amines) is 1. The predicted octanol–water partition coefficient (Wildman–Crippen LogP) is 2.54. The van der Waals surface area contributed by atoms with Gasteiger partial charge in [-0.1, -0.05) is 6.07 Å². The zero-order chi connectivity index (χ0) is 12.4. The van der Waals surface area contributed by atoms with Crippen LogP contribution in [0.4, 0.5) is 0 Å². The van der Waals surface area contributed by atoms with Crippen molar-refractivity contribution in [1.82, 2.24) is 4.90 Å². The lowest BCUT2D eigenvalue weighted by molar-refractivity contribution is 0.0724. The number of hydrogen-bond donors (Lipinski definition) is 1. The number of carbonyl (C=O) groups excluding carboxylic acids is 1. The van der Waals surface area contributed by atoms with E-state index in [1.54, 1.807) is 17.0 Å². The molecule has 2 rings (SSSR count). The van der Waals surface area contributed by atoms with Crippen molar-refractivity contribution in [3.63, 3.8) is 0 Å². The summed E-state index contributed by atoms with van der Waals surface area (Å²) in [5, 5.41) is 9.81. The van der Waals surface area contributed by atoms with Gasteiger partial charge in [0.15, 0.2) is 0 Å². The topological polar surface area (TPSA) is 40.5 Å². The highest BCUT2D eigenvalue weighted by atomic mass is 35.5. The van der Waals surface area contributed by atoms with E-state index >= 15 is 0 Å². The maximum absolute atomic E-state index is 12.2. The fourth-order valence-electron chi connectivity index (χ4n) is 2.10. The number of nitrogens with zero attached hydrogens (tertiary/aromatic N) is 1. The number of aromatic hydroxyl groups is 1. The van der Waals surface area contributed by atoms with Crippen molar-refractivity contribution in [1.29, 1.82) is 0 Å². The van der Waals surface area contributed by atoms with Gasteiger partial charge in [0.2, 0.25) is 0 Å². The van der Waals surface area contributed by atoms with Crippen LogP contribution >= 0.6 is 11.6 Å². The highest BCUT2D eigenvalue weighted by Gasteiger charge is 2.24. The van der Waals surface area contributed by atoms with Crippen LogP contribution in [0.1, 0.15) is 28.8 Å². The van der Waals surface area contributed by atoms with E-state index in [1.807, 2.05) is 13.0 Å². The Morgan fingerprint density at radius 1 is 1.53 bits per heavy atom. The predicted molar refractivity (Wildman–Crippen MR) is 67.6 cm³/mol. The van der Waals surface area contributed by atoms with E-state index in [-0.39, 0.29) is 17.0 Å². The molecule has 1 aliphatic rings. The zero-order valence-electron chi connectivity index (χ0n) is 9.82. The number of hydrogen-bond acceptors (Lipinski definition) is 2. The molecule has 17 heavy (non-hydrogen) atoms. The molecule has 0 saturated carbocycles. The maximum atomic E-state index is 12.2. The number of benzene rings is 1. The van der Waals surface area contributed by atoms with E-state index in [0.717, 1.165) is 24.9 Å². The SMILES string of the molecule is Cc1ccc(C(=O)N2CCCC(Cl)C2)c(O)c1. The first-order chi connectivity index (χ1) is 8.08. The van der Waals surface area contributed by atoms with Gasteiger partial charge in [-0.25, -0.2) is 0 Å². The van der Waals surface area contributed by atoms with Crippen LogP contribution in [0.25, 0.3) is 0 Å². The number of halogens is 1. The van der Waals surface area contributed by atoms with Crippen LogP contribution in [0, 0.1) is 6.92 Å². The van der Waals surface area contributed by atoms with Crippen LogP contribution in [-0.4, -0.2) is 34.4 Å². The van der Waals surface area contributed by atoms with Crippen molar-refractivity contribution < 1.29 is 9.90 Å². The quantitative estimate of drug-likeness (QED) is 0.782. The van der Waals surface area contributed by atoms with E-state index in [0.29, 0.717) is 12.1 Å². The maximum Gasteiger partial charge on any atom is 0.257 e. The summed E-state index contributed by atoms with van der Waals surface area (Å²) in [6.45, 7) is 3.16. The van der Waals surface area contributed by atoms with Crippen molar-refractivity contribution in [2.75, 3.05) is 13.1 Å². The highest BCUT2D eigenvalue weighted by Crippen LogP contribution is 2.23. The molecule has 0 aromatic heterocycles. The molecule has 1 amide bonds. The standard InChI is InChI=1S/C13H16ClNO2/c1-9-4-5-11(12(16)7-9)13(17)15-6-2-3-10(14)8-15/h4-5,7,10,16H,2-3,6,8H2,1H3. The summed E-state index contributed by atoms with van der Waals surface area (Å²) in [5.41, 5.74) is 1.30. The van der Waals surface area contributed by atoms with E-state index in [2.05, 4.69) is 0 Å². The molecular weight excluding hydrogens is 238 g/mol. The van der Waals surface area contributed by atoms with E-state index in [1.165, 1.54) is 0 Å². The third-order valence-corrected chi connectivity index (χ3v) is 3.39. The summed E-state index contributed by atoms with van der Waals surface area (Å²) < 4.78 is 0. The van der Waals surface area contributed by atoms with Crippen molar-refractivity contribution in [2.24, 2.45) is 0 Å². The average Bonchev–Trinajstić information content (AvgIpc) is 2.28. The van der Waals surface area contributed by atoms with Crippen LogP contribution in [0.5, 0.6) is 5.75 Å². The minimum atomic E-state index is -0.132. The van der Waals surface area contributed by atoms with Gasteiger partial charge < -0.3 is 10.0 Å². The molecule has 0 spiro atoms. The fourth-order valence-corrected chi connectivity index (χ4v) is 2.42. The van der Waals surface area contributed by atoms with Crippen LogP contribution in [0.2, 0.25) is 0 Å². The number of alkyl halides is 1. The van der Waals surface area contributed by atoms with E-state index < -0.39 is 0 Å². The molecular formula is C13H16ClNO2. The number of phenols is 1. The van der Waals surface area contributed by atoms with Gasteiger partial charge in [-0.2, -0.15) is 0 Å². The third-order valence-electron chi connectivity index (χ3n) is 3.03. The van der Waals surface area contributed by atoms with Crippen LogP contribution in [0.15, 0.2) is 18.2 Å². The number of amides is 1. The highest BCUT2D eigenvalue weighted by molar-refractivity contribution is 6.21. The molecule has 0 bridgehead atoms. The molecule has 1 saturated heterocycles. The van der Waals surface area contributed by atoms with Gasteiger partial charge in [0.25, 0.3) is 5.91 Å². The first-order valence-electron chi connectivity index (χ1n) is 5.81. The average molecular weight is 254 g/mol. The van der Waals surface area contributed by atoms with Gasteiger partial charge in [0.05, 0.1) is 10.9 Å². The van der Waals surface area contributed by atoms with Crippen molar-refractivity contribution in [3.8, 4) is 5.75 Å². The minimum Gasteiger partial charge on any atom is -0.507 e. The van der Waals surface area contributed by atoms with Crippen LogP contribution < -0.4 is 0 Å². The van der Waals surface area contributed by atoms with E-state index in [9.17, 15) is 9.90 Å². The second-order valence-electron chi connectivity index (χ2n) is 4.51. The minimum absolute atomic E-state index is 0.0280. The Morgan fingerprint density at radius 2 is 2.29 bits per heavy atom. The summed E-state index contributed by atoms with van der Waals surface area (Å²) in [7, 11) is 0. The molecule has 1 aliphatic heterocycles. The lowest BCUT2D eigenvalue weighted by Crippen LogP contribution is -2.40. The van der Waals surface area contributed by atoms with Crippen LogP contribution in [-0.2, 0) is 0 Å². The molecule has 1 fully saturated rings. The number of carbonyl (C=O) groups is 1. The second kappa shape index (κ2) is 4.96. The summed E-state index contributed by atoms with van der Waals surface area (Å²) in [6.07, 6.45) is 1.87. The molecule has 92 valence electrons. The lowest BCUT2D eigenvalue weighted by Gasteiger charge is -2.30. The van der Waals surface area contributed by atoms with Crippen molar-refractivity contribution in [2.45, 2.75) is 25.1 Å². The van der Waals surface area contributed by atoms with Crippen molar-refractivity contribution >= 4 is 17.5 Å². The first kappa shape index (κ1) is 12.2. The molecule has 0 radical (unpaired) electrons. The Hall–Kier alpha value is -1.22. The molecule has 1 aromatic carbocycles. The van der Waals surface area contributed by atoms with Gasteiger partial charge in [-0.15, -0.1) is 11.6 Å². The van der Waals surface area contributed by atoms with Gasteiger partial charge in [0, 0.05) is 13.1 Å². The zero-order valence-corrected chi connectivity index (χ0v) is 10.6. The monoisotopic (exact) mass is 253 g/mol. The molecule has 1 aromatic rings. The number of phenolic OH excluding ortho intramolecular Hbond substituents is 1. The number of aryl methyl sites for hydroxylation is 1. The molecule has 1 unspecified atom stereocenters. The molecule has 1 N–H and O–H groups in total. The normalized spacial score (nSPS) is 20.4. The Balaban J connectivity index is 2.18. The number of rotatable bonds is 1. The molecule has 4 heteroatoms. The molecule has 0 aliphatic carbocycles. The number of piperidine rings is 1. The summed E-state index contributed by atoms with van der Waals surface area (Å²) >= 11 is 6.05. The Bertz CT molecular complexity index is 433. The second-order valence-corrected chi connectivity index (χ2v) is 5.13. The summed E-state index contributed by atoms with van der Waals surface area (Å²) in [6, 6.07) is 5.11. The molecule has 3 nitrogen and oxygen atoms in total. The largest absolute Gasteiger partial charge is 0.507 e.